The molecule has 138 valence electrons. The van der Waals surface area contributed by atoms with Crippen molar-refractivity contribution in [1.29, 1.82) is 0 Å². The van der Waals surface area contributed by atoms with Crippen molar-refractivity contribution in [3.05, 3.63) is 28.8 Å². The highest BCUT2D eigenvalue weighted by atomic mass is 35.5. The molecule has 1 fully saturated rings. The monoisotopic (exact) mass is 368 g/mol. The number of amides is 2. The van der Waals surface area contributed by atoms with Gasteiger partial charge in [0.05, 0.1) is 12.7 Å². The van der Waals surface area contributed by atoms with E-state index < -0.39 is 5.60 Å². The lowest BCUT2D eigenvalue weighted by Gasteiger charge is -2.33. The van der Waals surface area contributed by atoms with Gasteiger partial charge in [-0.05, 0) is 51.8 Å². The molecule has 1 aliphatic rings. The Kier molecular flexibility index (Phi) is 6.16. The van der Waals surface area contributed by atoms with Gasteiger partial charge in [0.15, 0.2) is 0 Å². The Morgan fingerprint density at radius 1 is 1.24 bits per heavy atom. The Labute approximate surface area is 153 Å². The number of benzene rings is 1. The lowest BCUT2D eigenvalue weighted by Crippen LogP contribution is -2.47. The van der Waals surface area contributed by atoms with Crippen molar-refractivity contribution in [3.8, 4) is 5.75 Å². The fourth-order valence-corrected chi connectivity index (χ4v) is 2.83. The number of nitrogens with one attached hydrogen (secondary N) is 1. The predicted octanol–water partition coefficient (Wildman–Crippen LogP) is 3.48. The van der Waals surface area contributed by atoms with Crippen LogP contribution in [0.5, 0.6) is 5.75 Å². The van der Waals surface area contributed by atoms with Crippen molar-refractivity contribution in [2.45, 2.75) is 45.3 Å². The van der Waals surface area contributed by atoms with E-state index in [0.717, 1.165) is 0 Å². The molecular weight excluding hydrogens is 344 g/mol. The summed E-state index contributed by atoms with van der Waals surface area (Å²) >= 11 is 5.97. The Hall–Kier alpha value is -1.95. The van der Waals surface area contributed by atoms with E-state index in [1.165, 1.54) is 7.11 Å². The molecule has 0 unspecified atom stereocenters. The van der Waals surface area contributed by atoms with Crippen molar-refractivity contribution in [3.63, 3.8) is 0 Å². The van der Waals surface area contributed by atoms with Gasteiger partial charge in [0.25, 0.3) is 5.91 Å². The number of halogens is 1. The van der Waals surface area contributed by atoms with Gasteiger partial charge in [0.1, 0.15) is 11.4 Å². The zero-order valence-corrected chi connectivity index (χ0v) is 15.9. The first kappa shape index (κ1) is 19.4. The van der Waals surface area contributed by atoms with E-state index in [9.17, 15) is 9.59 Å². The fourth-order valence-electron chi connectivity index (χ4n) is 2.65. The number of likely N-dealkylation sites (tertiary alicyclic amines) is 1. The van der Waals surface area contributed by atoms with Crippen LogP contribution in [0.2, 0.25) is 5.02 Å². The summed E-state index contributed by atoms with van der Waals surface area (Å²) in [5.41, 5.74) is -0.102. The van der Waals surface area contributed by atoms with E-state index in [-0.39, 0.29) is 18.0 Å². The van der Waals surface area contributed by atoms with Gasteiger partial charge in [-0.25, -0.2) is 4.79 Å². The van der Waals surface area contributed by atoms with Crippen molar-refractivity contribution in [2.24, 2.45) is 0 Å². The zero-order valence-electron chi connectivity index (χ0n) is 15.1. The van der Waals surface area contributed by atoms with Crippen LogP contribution in [0.3, 0.4) is 0 Å². The van der Waals surface area contributed by atoms with Crippen LogP contribution in [0.1, 0.15) is 44.0 Å². The van der Waals surface area contributed by atoms with Crippen molar-refractivity contribution >= 4 is 23.6 Å². The second-order valence-corrected chi connectivity index (χ2v) is 7.50. The van der Waals surface area contributed by atoms with Crippen molar-refractivity contribution in [2.75, 3.05) is 20.2 Å². The van der Waals surface area contributed by atoms with Crippen LogP contribution in [0, 0.1) is 0 Å². The molecule has 0 bridgehead atoms. The van der Waals surface area contributed by atoms with Crippen LogP contribution in [0.4, 0.5) is 4.79 Å². The summed E-state index contributed by atoms with van der Waals surface area (Å²) < 4.78 is 10.6. The average Bonchev–Trinajstić information content (AvgIpc) is 2.53. The van der Waals surface area contributed by atoms with Gasteiger partial charge < -0.3 is 19.7 Å². The molecular formula is C18H25ClN2O4. The summed E-state index contributed by atoms with van der Waals surface area (Å²) in [6.45, 7) is 6.63. The average molecular weight is 369 g/mol. The fraction of sp³-hybridized carbons (Fsp3) is 0.556. The first-order chi connectivity index (χ1) is 11.7. The maximum Gasteiger partial charge on any atom is 0.410 e. The van der Waals surface area contributed by atoms with Crippen LogP contribution in [-0.4, -0.2) is 48.7 Å². The molecule has 1 aromatic carbocycles. The molecule has 1 heterocycles. The summed E-state index contributed by atoms with van der Waals surface area (Å²) in [7, 11) is 1.51. The molecule has 1 N–H and O–H groups in total. The number of methoxy groups -OCH3 is 1. The maximum atomic E-state index is 12.5. The van der Waals surface area contributed by atoms with Crippen LogP contribution < -0.4 is 10.1 Å². The quantitative estimate of drug-likeness (QED) is 0.886. The number of hydrogen-bond acceptors (Lipinski definition) is 4. The summed E-state index contributed by atoms with van der Waals surface area (Å²) in [5.74, 6) is 0.253. The highest BCUT2D eigenvalue weighted by molar-refractivity contribution is 6.31. The Morgan fingerprint density at radius 2 is 1.88 bits per heavy atom. The van der Waals surface area contributed by atoms with Gasteiger partial charge in [-0.2, -0.15) is 0 Å². The van der Waals surface area contributed by atoms with E-state index in [0.29, 0.717) is 42.3 Å². The van der Waals surface area contributed by atoms with Crippen LogP contribution >= 0.6 is 11.6 Å². The molecule has 2 rings (SSSR count). The molecule has 1 aliphatic heterocycles. The molecule has 0 aromatic heterocycles. The highest BCUT2D eigenvalue weighted by Crippen LogP contribution is 2.23. The number of rotatable bonds is 3. The number of hydrogen-bond donors (Lipinski definition) is 1. The lowest BCUT2D eigenvalue weighted by atomic mass is 10.0. The van der Waals surface area contributed by atoms with E-state index in [2.05, 4.69) is 5.32 Å². The van der Waals surface area contributed by atoms with Crippen LogP contribution in [0.25, 0.3) is 0 Å². The Balaban J connectivity index is 1.91. The second kappa shape index (κ2) is 7.95. The van der Waals surface area contributed by atoms with E-state index >= 15 is 0 Å². The Bertz CT molecular complexity index is 634. The molecule has 6 nitrogen and oxygen atoms in total. The molecule has 25 heavy (non-hydrogen) atoms. The van der Waals surface area contributed by atoms with Crippen LogP contribution in [0.15, 0.2) is 18.2 Å². The van der Waals surface area contributed by atoms with Gasteiger partial charge in [-0.3, -0.25) is 4.79 Å². The molecule has 0 aliphatic carbocycles. The standard InChI is InChI=1S/C18H25ClN2O4/c1-18(2,3)25-17(23)21-9-7-13(8-10-21)20-16(22)14-11-12(19)5-6-15(14)24-4/h5-6,11,13H,7-10H2,1-4H3,(H,20,22). The maximum absolute atomic E-state index is 12.5. The van der Waals surface area contributed by atoms with Gasteiger partial charge in [-0.1, -0.05) is 11.6 Å². The van der Waals surface area contributed by atoms with E-state index in [1.54, 1.807) is 23.1 Å². The topological polar surface area (TPSA) is 67.9 Å². The molecule has 0 radical (unpaired) electrons. The molecule has 0 saturated carbocycles. The summed E-state index contributed by atoms with van der Waals surface area (Å²) in [6.07, 6.45) is 1.04. The number of nitrogens with zero attached hydrogens (tertiary/aromatic N) is 1. The normalized spacial score (nSPS) is 15.6. The molecule has 0 atom stereocenters. The van der Waals surface area contributed by atoms with Gasteiger partial charge >= 0.3 is 6.09 Å². The molecule has 1 saturated heterocycles. The molecule has 7 heteroatoms. The molecule has 0 spiro atoms. The minimum Gasteiger partial charge on any atom is -0.496 e. The highest BCUT2D eigenvalue weighted by Gasteiger charge is 2.28. The largest absolute Gasteiger partial charge is 0.496 e. The van der Waals surface area contributed by atoms with Crippen molar-refractivity contribution < 1.29 is 19.1 Å². The predicted molar refractivity (Wildman–Crippen MR) is 96.3 cm³/mol. The number of carbonyl (C=O) groups excluding carboxylic acids is 2. The van der Waals surface area contributed by atoms with Crippen molar-refractivity contribution in [1.82, 2.24) is 10.2 Å². The third-order valence-corrected chi connectivity index (χ3v) is 4.12. The Morgan fingerprint density at radius 3 is 2.44 bits per heavy atom. The van der Waals surface area contributed by atoms with E-state index in [4.69, 9.17) is 21.1 Å². The molecule has 1 aromatic rings. The van der Waals surface area contributed by atoms with Crippen LogP contribution in [-0.2, 0) is 4.74 Å². The minimum atomic E-state index is -0.509. The van der Waals surface area contributed by atoms with Gasteiger partial charge in [0, 0.05) is 24.2 Å². The SMILES string of the molecule is COc1ccc(Cl)cc1C(=O)NC1CCN(C(=O)OC(C)(C)C)CC1. The summed E-state index contributed by atoms with van der Waals surface area (Å²) in [4.78, 5) is 26.2. The van der Waals surface area contributed by atoms with E-state index in [1.807, 2.05) is 20.8 Å². The number of piperidine rings is 1. The lowest BCUT2D eigenvalue weighted by molar-refractivity contribution is 0.0199. The summed E-state index contributed by atoms with van der Waals surface area (Å²) in [5, 5.41) is 3.47. The molecule has 2 amide bonds. The smallest absolute Gasteiger partial charge is 0.410 e. The first-order valence-electron chi connectivity index (χ1n) is 8.32. The second-order valence-electron chi connectivity index (χ2n) is 7.06. The number of ether oxygens (including phenoxy) is 2. The summed E-state index contributed by atoms with van der Waals surface area (Å²) in [6, 6.07) is 4.93. The van der Waals surface area contributed by atoms with Gasteiger partial charge in [0.2, 0.25) is 0 Å². The third-order valence-electron chi connectivity index (χ3n) is 3.89. The minimum absolute atomic E-state index is 0.00475. The zero-order chi connectivity index (χ0) is 18.6. The third kappa shape index (κ3) is 5.53. The number of carbonyl (C=O) groups is 2. The van der Waals surface area contributed by atoms with Gasteiger partial charge in [-0.15, -0.1) is 0 Å². The first-order valence-corrected chi connectivity index (χ1v) is 8.70.